The Kier molecular flexibility index (Phi) is 7.88. The second kappa shape index (κ2) is 10.9. The Labute approximate surface area is 209 Å². The number of anilines is 1. The fourth-order valence-electron chi connectivity index (χ4n) is 5.11. The highest BCUT2D eigenvalue weighted by Gasteiger charge is 2.35. The fraction of sp³-hybridized carbons (Fsp3) is 0.481. The molecule has 4 rings (SSSR count). The zero-order valence-electron chi connectivity index (χ0n) is 20.6. The van der Waals surface area contributed by atoms with Crippen LogP contribution in [-0.4, -0.2) is 62.5 Å². The third-order valence-corrected chi connectivity index (χ3v) is 7.21. The van der Waals surface area contributed by atoms with E-state index in [2.05, 4.69) is 58.8 Å². The molecule has 194 valence electrons. The van der Waals surface area contributed by atoms with E-state index in [4.69, 9.17) is 0 Å². The van der Waals surface area contributed by atoms with Gasteiger partial charge in [-0.2, -0.15) is 13.2 Å². The van der Waals surface area contributed by atoms with Crippen LogP contribution in [0.5, 0.6) is 0 Å². The van der Waals surface area contributed by atoms with Crippen LogP contribution >= 0.6 is 0 Å². The van der Waals surface area contributed by atoms with Crippen molar-refractivity contribution in [2.75, 3.05) is 38.6 Å². The summed E-state index contributed by atoms with van der Waals surface area (Å²) in [5, 5.41) is 5.30. The van der Waals surface area contributed by atoms with Gasteiger partial charge in [0.05, 0.1) is 18.2 Å². The number of hydrogen-bond acceptors (Lipinski definition) is 4. The largest absolute Gasteiger partial charge is 0.416 e. The van der Waals surface area contributed by atoms with E-state index in [0.717, 1.165) is 50.9 Å². The van der Waals surface area contributed by atoms with Gasteiger partial charge in [0.15, 0.2) is 0 Å². The molecule has 2 amide bonds. The first-order valence-electron chi connectivity index (χ1n) is 12.4. The van der Waals surface area contributed by atoms with Gasteiger partial charge in [-0.25, -0.2) is 0 Å². The predicted octanol–water partition coefficient (Wildman–Crippen LogP) is 4.03. The molecule has 2 fully saturated rings. The van der Waals surface area contributed by atoms with Gasteiger partial charge in [0.1, 0.15) is 0 Å². The molecule has 1 saturated heterocycles. The van der Waals surface area contributed by atoms with Crippen molar-refractivity contribution in [2.45, 2.75) is 49.9 Å². The Balaban J connectivity index is 1.16. The van der Waals surface area contributed by atoms with Crippen molar-refractivity contribution >= 4 is 17.5 Å². The first kappa shape index (κ1) is 26.0. The van der Waals surface area contributed by atoms with Crippen LogP contribution in [0, 0.1) is 0 Å². The Morgan fingerprint density at radius 1 is 1.00 bits per heavy atom. The quantitative estimate of drug-likeness (QED) is 0.600. The Morgan fingerprint density at radius 2 is 1.69 bits per heavy atom. The smallest absolute Gasteiger partial charge is 0.378 e. The van der Waals surface area contributed by atoms with Crippen molar-refractivity contribution in [3.63, 3.8) is 0 Å². The van der Waals surface area contributed by atoms with Crippen LogP contribution in [0.4, 0.5) is 18.9 Å². The summed E-state index contributed by atoms with van der Waals surface area (Å²) in [5.74, 6) is -0.470. The number of likely N-dealkylation sites (tertiary alicyclic amines) is 1. The molecule has 36 heavy (non-hydrogen) atoms. The van der Waals surface area contributed by atoms with Crippen LogP contribution in [0.25, 0.3) is 0 Å². The SMILES string of the molecule is CN(C)c1cccc(C2CCC(N3CC(NC(=O)CNC(=O)c4cccc(C(F)(F)F)c4)C3)CC2)c1. The van der Waals surface area contributed by atoms with Gasteiger partial charge in [-0.05, 0) is 67.5 Å². The minimum Gasteiger partial charge on any atom is -0.378 e. The Hall–Kier alpha value is -3.07. The molecule has 2 aromatic carbocycles. The van der Waals surface area contributed by atoms with Crippen LogP contribution in [0.2, 0.25) is 0 Å². The zero-order chi connectivity index (χ0) is 25.9. The average molecular weight is 503 g/mol. The number of nitrogens with zero attached hydrogens (tertiary/aromatic N) is 2. The van der Waals surface area contributed by atoms with Crippen molar-refractivity contribution in [3.8, 4) is 0 Å². The van der Waals surface area contributed by atoms with E-state index in [0.29, 0.717) is 12.0 Å². The van der Waals surface area contributed by atoms with E-state index in [9.17, 15) is 22.8 Å². The zero-order valence-corrected chi connectivity index (χ0v) is 20.6. The van der Waals surface area contributed by atoms with E-state index in [-0.39, 0.29) is 24.1 Å². The number of carbonyl (C=O) groups is 2. The predicted molar refractivity (Wildman–Crippen MR) is 133 cm³/mol. The standard InChI is InChI=1S/C27H33F3N4O2/c1-33(2)24-8-4-5-19(14-24)18-9-11-23(12-10-18)34-16-22(17-34)32-25(35)15-31-26(36)20-6-3-7-21(13-20)27(28,29)30/h3-8,13-14,18,22-23H,9-12,15-17H2,1-2H3,(H,31,36)(H,32,35). The molecule has 0 unspecified atom stereocenters. The van der Waals surface area contributed by atoms with Crippen molar-refractivity contribution in [1.82, 2.24) is 15.5 Å². The molecule has 0 radical (unpaired) electrons. The summed E-state index contributed by atoms with van der Waals surface area (Å²) in [4.78, 5) is 28.9. The van der Waals surface area contributed by atoms with Crippen LogP contribution < -0.4 is 15.5 Å². The second-order valence-corrected chi connectivity index (χ2v) is 9.97. The molecule has 2 aliphatic rings. The molecule has 1 heterocycles. The van der Waals surface area contributed by atoms with Gasteiger partial charge in [-0.15, -0.1) is 0 Å². The lowest BCUT2D eigenvalue weighted by Crippen LogP contribution is -2.63. The summed E-state index contributed by atoms with van der Waals surface area (Å²) in [6, 6.07) is 13.5. The van der Waals surface area contributed by atoms with Crippen molar-refractivity contribution in [2.24, 2.45) is 0 Å². The molecule has 1 aliphatic heterocycles. The van der Waals surface area contributed by atoms with Gasteiger partial charge in [-0.1, -0.05) is 18.2 Å². The third-order valence-electron chi connectivity index (χ3n) is 7.21. The number of amides is 2. The molecular formula is C27H33F3N4O2. The van der Waals surface area contributed by atoms with Crippen LogP contribution in [-0.2, 0) is 11.0 Å². The van der Waals surface area contributed by atoms with Gasteiger partial charge in [-0.3, -0.25) is 14.5 Å². The summed E-state index contributed by atoms with van der Waals surface area (Å²) >= 11 is 0. The monoisotopic (exact) mass is 502 g/mol. The summed E-state index contributed by atoms with van der Waals surface area (Å²) in [6.45, 7) is 1.28. The van der Waals surface area contributed by atoms with Gasteiger partial charge in [0.2, 0.25) is 5.91 Å². The molecular weight excluding hydrogens is 469 g/mol. The number of benzene rings is 2. The number of rotatable bonds is 7. The maximum Gasteiger partial charge on any atom is 0.416 e. The first-order chi connectivity index (χ1) is 17.1. The number of carbonyl (C=O) groups excluding carboxylic acids is 2. The maximum absolute atomic E-state index is 12.8. The van der Waals surface area contributed by atoms with Crippen LogP contribution in [0.15, 0.2) is 48.5 Å². The van der Waals surface area contributed by atoms with Gasteiger partial charge in [0.25, 0.3) is 5.91 Å². The van der Waals surface area contributed by atoms with Crippen LogP contribution in [0.1, 0.15) is 53.1 Å². The lowest BCUT2D eigenvalue weighted by molar-refractivity contribution is -0.137. The van der Waals surface area contributed by atoms with Crippen molar-refractivity contribution < 1.29 is 22.8 Å². The number of halogens is 3. The molecule has 1 saturated carbocycles. The molecule has 2 N–H and O–H groups in total. The molecule has 9 heteroatoms. The topological polar surface area (TPSA) is 64.7 Å². The Morgan fingerprint density at radius 3 is 2.36 bits per heavy atom. The highest BCUT2D eigenvalue weighted by molar-refractivity contribution is 5.96. The summed E-state index contributed by atoms with van der Waals surface area (Å²) in [6.07, 6.45) is 0.0304. The second-order valence-electron chi connectivity index (χ2n) is 9.97. The lowest BCUT2D eigenvalue weighted by atomic mass is 9.80. The number of alkyl halides is 3. The van der Waals surface area contributed by atoms with Crippen molar-refractivity contribution in [3.05, 3.63) is 65.2 Å². The third kappa shape index (κ3) is 6.37. The highest BCUT2D eigenvalue weighted by atomic mass is 19.4. The molecule has 0 aromatic heterocycles. The molecule has 0 bridgehead atoms. The van der Waals surface area contributed by atoms with Crippen molar-refractivity contribution in [1.29, 1.82) is 0 Å². The maximum atomic E-state index is 12.8. The van der Waals surface area contributed by atoms with Gasteiger partial charge >= 0.3 is 6.18 Å². The minimum absolute atomic E-state index is 0.0254. The van der Waals surface area contributed by atoms with Gasteiger partial charge < -0.3 is 15.5 Å². The number of hydrogen-bond donors (Lipinski definition) is 2. The van der Waals surface area contributed by atoms with E-state index in [1.807, 2.05) is 0 Å². The normalized spacial score (nSPS) is 20.9. The molecule has 0 atom stereocenters. The summed E-state index contributed by atoms with van der Waals surface area (Å²) in [7, 11) is 4.11. The van der Waals surface area contributed by atoms with Gasteiger partial charge in [0, 0.05) is 44.5 Å². The van der Waals surface area contributed by atoms with E-state index < -0.39 is 17.6 Å². The van der Waals surface area contributed by atoms with Crippen LogP contribution in [0.3, 0.4) is 0 Å². The molecule has 0 spiro atoms. The lowest BCUT2D eigenvalue weighted by Gasteiger charge is -2.46. The fourth-order valence-corrected chi connectivity index (χ4v) is 5.11. The first-order valence-corrected chi connectivity index (χ1v) is 12.4. The van der Waals surface area contributed by atoms with E-state index >= 15 is 0 Å². The summed E-state index contributed by atoms with van der Waals surface area (Å²) < 4.78 is 38.5. The minimum atomic E-state index is -4.53. The summed E-state index contributed by atoms with van der Waals surface area (Å²) in [5.41, 5.74) is 1.60. The molecule has 2 aromatic rings. The molecule has 1 aliphatic carbocycles. The van der Waals surface area contributed by atoms with E-state index in [1.165, 1.54) is 23.4 Å². The number of nitrogens with one attached hydrogen (secondary N) is 2. The highest BCUT2D eigenvalue weighted by Crippen LogP contribution is 2.37. The average Bonchev–Trinajstić information content (AvgIpc) is 2.84. The van der Waals surface area contributed by atoms with E-state index in [1.54, 1.807) is 0 Å². The Bertz CT molecular complexity index is 1070. The molecule has 6 nitrogen and oxygen atoms in total.